The van der Waals surface area contributed by atoms with E-state index in [2.05, 4.69) is 27.3 Å². The number of alkyl carbamates (subject to hydrolysis) is 1. The standard InChI is InChI=1S/C17H23N5O7/c1-2-6-29-17(27)22-12(15(25)26)9-21-14(24)11-4-3-10(8-13(11)23)28-7-5-20-16(18)19/h2-4,8,12,23H,1,5-7,9H2,(H,21,24)(H,22,27)(H,25,26)(H4,18,19,20)/t12-/m0/s1. The van der Waals surface area contributed by atoms with Gasteiger partial charge in [0.05, 0.1) is 12.1 Å². The predicted octanol–water partition coefficient (Wildman–Crippen LogP) is -0.651. The number of carbonyl (C=O) groups excluding carboxylic acids is 2. The second-order valence-electron chi connectivity index (χ2n) is 5.50. The molecule has 0 unspecified atom stereocenters. The number of aliphatic carboxylic acids is 1. The molecular formula is C17H23N5O7. The van der Waals surface area contributed by atoms with Crippen LogP contribution in [0.4, 0.5) is 4.79 Å². The van der Waals surface area contributed by atoms with Crippen LogP contribution in [0.25, 0.3) is 0 Å². The molecule has 1 aromatic carbocycles. The number of aromatic hydroxyl groups is 1. The number of benzene rings is 1. The van der Waals surface area contributed by atoms with Gasteiger partial charge in [0.2, 0.25) is 0 Å². The average molecular weight is 409 g/mol. The molecule has 12 heteroatoms. The first-order valence-corrected chi connectivity index (χ1v) is 8.33. The van der Waals surface area contributed by atoms with Crippen molar-refractivity contribution in [2.24, 2.45) is 5.73 Å². The molecule has 0 aliphatic heterocycles. The summed E-state index contributed by atoms with van der Waals surface area (Å²) in [4.78, 5) is 34.8. The van der Waals surface area contributed by atoms with Crippen LogP contribution in [0.15, 0.2) is 30.9 Å². The lowest BCUT2D eigenvalue weighted by atomic mass is 10.1. The number of hydrogen-bond donors (Lipinski definition) is 7. The van der Waals surface area contributed by atoms with Crippen LogP contribution >= 0.6 is 0 Å². The molecule has 1 atom stereocenters. The summed E-state index contributed by atoms with van der Waals surface area (Å²) < 4.78 is 9.95. The lowest BCUT2D eigenvalue weighted by Crippen LogP contribution is -2.48. The zero-order valence-corrected chi connectivity index (χ0v) is 15.4. The maximum absolute atomic E-state index is 12.2. The Kier molecular flexibility index (Phi) is 9.30. The molecule has 0 heterocycles. The second kappa shape index (κ2) is 11.7. The quantitative estimate of drug-likeness (QED) is 0.107. The van der Waals surface area contributed by atoms with Gasteiger partial charge in [-0.25, -0.2) is 9.59 Å². The van der Waals surface area contributed by atoms with E-state index in [1.165, 1.54) is 24.3 Å². The predicted molar refractivity (Wildman–Crippen MR) is 102 cm³/mol. The summed E-state index contributed by atoms with van der Waals surface area (Å²) in [5.74, 6) is -2.44. The van der Waals surface area contributed by atoms with Gasteiger partial charge in [-0.15, -0.1) is 0 Å². The fourth-order valence-corrected chi connectivity index (χ4v) is 1.96. The van der Waals surface area contributed by atoms with E-state index in [4.69, 9.17) is 21.0 Å². The van der Waals surface area contributed by atoms with Crippen LogP contribution in [0.2, 0.25) is 0 Å². The Bertz CT molecular complexity index is 769. The molecule has 1 rings (SSSR count). The molecule has 1 aromatic rings. The largest absolute Gasteiger partial charge is 0.507 e. The van der Waals surface area contributed by atoms with Gasteiger partial charge in [-0.05, 0) is 12.1 Å². The minimum absolute atomic E-state index is 0.0996. The molecular weight excluding hydrogens is 386 g/mol. The molecule has 158 valence electrons. The minimum Gasteiger partial charge on any atom is -0.507 e. The second-order valence-corrected chi connectivity index (χ2v) is 5.50. The summed E-state index contributed by atoms with van der Waals surface area (Å²) in [5, 5.41) is 33.1. The summed E-state index contributed by atoms with van der Waals surface area (Å²) in [6.07, 6.45) is 0.336. The van der Waals surface area contributed by atoms with Crippen LogP contribution in [0.3, 0.4) is 0 Å². The van der Waals surface area contributed by atoms with Crippen molar-refractivity contribution < 1.29 is 34.1 Å². The highest BCUT2D eigenvalue weighted by molar-refractivity contribution is 5.97. The SMILES string of the molecule is C=CCOC(=O)N[C@@H](CNC(=O)c1ccc(OCCNC(=N)N)cc1O)C(=O)O. The Morgan fingerprint density at radius 2 is 2.03 bits per heavy atom. The van der Waals surface area contributed by atoms with Gasteiger partial charge >= 0.3 is 12.1 Å². The van der Waals surface area contributed by atoms with Crippen LogP contribution < -0.4 is 26.4 Å². The van der Waals surface area contributed by atoms with Gasteiger partial charge in [-0.3, -0.25) is 10.2 Å². The maximum Gasteiger partial charge on any atom is 0.408 e. The highest BCUT2D eigenvalue weighted by atomic mass is 16.5. The molecule has 2 amide bonds. The number of guanidine groups is 1. The molecule has 0 aromatic heterocycles. The number of ether oxygens (including phenoxy) is 2. The third-order valence-corrected chi connectivity index (χ3v) is 3.29. The minimum atomic E-state index is -1.44. The summed E-state index contributed by atoms with van der Waals surface area (Å²) in [7, 11) is 0. The third kappa shape index (κ3) is 8.51. The number of carboxylic acids is 1. The molecule has 29 heavy (non-hydrogen) atoms. The first kappa shape index (κ1) is 23.1. The summed E-state index contributed by atoms with van der Waals surface area (Å²) in [5.41, 5.74) is 5.01. The lowest BCUT2D eigenvalue weighted by molar-refractivity contribution is -0.139. The number of phenols is 1. The topological polar surface area (TPSA) is 196 Å². The van der Waals surface area contributed by atoms with Gasteiger partial charge in [-0.2, -0.15) is 0 Å². The number of hydrogen-bond acceptors (Lipinski definition) is 7. The van der Waals surface area contributed by atoms with E-state index in [1.807, 2.05) is 0 Å². The molecule has 0 aliphatic carbocycles. The van der Waals surface area contributed by atoms with Crippen LogP contribution in [0.1, 0.15) is 10.4 Å². The van der Waals surface area contributed by atoms with E-state index < -0.39 is 30.6 Å². The molecule has 0 fully saturated rings. The number of phenolic OH excluding ortho intramolecular Hbond substituents is 1. The van der Waals surface area contributed by atoms with E-state index in [0.717, 1.165) is 0 Å². The number of carbonyl (C=O) groups is 3. The van der Waals surface area contributed by atoms with Crippen molar-refractivity contribution in [2.75, 3.05) is 26.3 Å². The summed E-state index contributed by atoms with van der Waals surface area (Å²) in [6.45, 7) is 3.26. The Morgan fingerprint density at radius 3 is 2.62 bits per heavy atom. The Labute approximate surface area is 166 Å². The monoisotopic (exact) mass is 409 g/mol. The molecule has 0 saturated heterocycles. The number of rotatable bonds is 11. The molecule has 0 radical (unpaired) electrons. The van der Waals surface area contributed by atoms with Gasteiger partial charge < -0.3 is 41.4 Å². The number of nitrogens with two attached hydrogens (primary N) is 1. The molecule has 0 saturated carbocycles. The van der Waals surface area contributed by atoms with E-state index in [9.17, 15) is 19.5 Å². The van der Waals surface area contributed by atoms with Gasteiger partial charge in [0.15, 0.2) is 5.96 Å². The van der Waals surface area contributed by atoms with Crippen molar-refractivity contribution in [1.29, 1.82) is 5.41 Å². The number of amides is 2. The van der Waals surface area contributed by atoms with Crippen LogP contribution in [0.5, 0.6) is 11.5 Å². The molecule has 12 nitrogen and oxygen atoms in total. The van der Waals surface area contributed by atoms with Crippen molar-refractivity contribution in [3.05, 3.63) is 36.4 Å². The number of nitrogens with one attached hydrogen (secondary N) is 4. The van der Waals surface area contributed by atoms with E-state index in [-0.39, 0.29) is 42.8 Å². The van der Waals surface area contributed by atoms with Gasteiger partial charge in [0.25, 0.3) is 5.91 Å². The zero-order valence-electron chi connectivity index (χ0n) is 15.4. The van der Waals surface area contributed by atoms with Gasteiger partial charge in [0.1, 0.15) is 30.8 Å². The van der Waals surface area contributed by atoms with Crippen LogP contribution in [0, 0.1) is 5.41 Å². The molecule has 0 spiro atoms. The lowest BCUT2D eigenvalue weighted by Gasteiger charge is -2.15. The first-order valence-electron chi connectivity index (χ1n) is 8.33. The third-order valence-electron chi connectivity index (χ3n) is 3.29. The van der Waals surface area contributed by atoms with E-state index in [0.29, 0.717) is 0 Å². The van der Waals surface area contributed by atoms with E-state index in [1.54, 1.807) is 0 Å². The van der Waals surface area contributed by atoms with Crippen molar-refractivity contribution in [1.82, 2.24) is 16.0 Å². The Hall–Kier alpha value is -3.96. The molecule has 8 N–H and O–H groups in total. The fourth-order valence-electron chi connectivity index (χ4n) is 1.96. The Morgan fingerprint density at radius 1 is 1.31 bits per heavy atom. The molecule has 0 aliphatic rings. The zero-order chi connectivity index (χ0) is 21.8. The van der Waals surface area contributed by atoms with Crippen molar-refractivity contribution in [2.45, 2.75) is 6.04 Å². The van der Waals surface area contributed by atoms with Crippen LogP contribution in [-0.2, 0) is 9.53 Å². The fraction of sp³-hybridized carbons (Fsp3) is 0.294. The Balaban J connectivity index is 2.61. The molecule has 0 bridgehead atoms. The summed E-state index contributed by atoms with van der Waals surface area (Å²) in [6, 6.07) is 2.50. The summed E-state index contributed by atoms with van der Waals surface area (Å²) >= 11 is 0. The van der Waals surface area contributed by atoms with Crippen molar-refractivity contribution >= 4 is 23.9 Å². The van der Waals surface area contributed by atoms with Crippen molar-refractivity contribution in [3.8, 4) is 11.5 Å². The van der Waals surface area contributed by atoms with Crippen molar-refractivity contribution in [3.63, 3.8) is 0 Å². The normalized spacial score (nSPS) is 10.9. The maximum atomic E-state index is 12.2. The average Bonchev–Trinajstić information content (AvgIpc) is 2.66. The van der Waals surface area contributed by atoms with Crippen LogP contribution in [-0.4, -0.2) is 66.5 Å². The van der Waals surface area contributed by atoms with Gasteiger partial charge in [-0.1, -0.05) is 12.7 Å². The van der Waals surface area contributed by atoms with E-state index >= 15 is 0 Å². The number of carboxylic acid groups (broad SMARTS) is 1. The first-order chi connectivity index (χ1) is 13.7. The highest BCUT2D eigenvalue weighted by Crippen LogP contribution is 2.23. The highest BCUT2D eigenvalue weighted by Gasteiger charge is 2.22. The van der Waals surface area contributed by atoms with Gasteiger partial charge in [0, 0.05) is 12.6 Å². The smallest absolute Gasteiger partial charge is 0.408 e.